The van der Waals surface area contributed by atoms with Crippen molar-refractivity contribution in [2.24, 2.45) is 0 Å². The Morgan fingerprint density at radius 3 is 2.85 bits per heavy atom. The molecule has 0 atom stereocenters. The molecule has 1 aromatic heterocycles. The molecule has 0 aliphatic carbocycles. The summed E-state index contributed by atoms with van der Waals surface area (Å²) >= 11 is 5.69. The number of nitro benzene ring substituents is 1. The van der Waals surface area contributed by atoms with Gasteiger partial charge < -0.3 is 4.98 Å². The lowest BCUT2D eigenvalue weighted by Crippen LogP contribution is -1.86. The maximum absolute atomic E-state index is 10.4. The van der Waals surface area contributed by atoms with Crippen LogP contribution in [0.2, 0.25) is 5.15 Å². The van der Waals surface area contributed by atoms with Gasteiger partial charge in [-0.2, -0.15) is 0 Å². The summed E-state index contributed by atoms with van der Waals surface area (Å²) in [6.45, 7) is 0. The molecule has 0 spiro atoms. The third kappa shape index (κ3) is 1.36. The molecule has 0 aliphatic heterocycles. The Morgan fingerprint density at radius 1 is 1.38 bits per heavy atom. The molecule has 5 heteroatoms. The lowest BCUT2D eigenvalue weighted by atomic mass is 10.2. The summed E-state index contributed by atoms with van der Waals surface area (Å²) in [5, 5.41) is 11.8. The Balaban J connectivity index is 2.67. The van der Waals surface area contributed by atoms with E-state index in [9.17, 15) is 10.1 Å². The fourth-order valence-electron chi connectivity index (χ4n) is 1.19. The molecular formula is C8H5ClN2O2. The Hall–Kier alpha value is -1.55. The number of hydrogen-bond acceptors (Lipinski definition) is 2. The van der Waals surface area contributed by atoms with Crippen molar-refractivity contribution >= 4 is 28.2 Å². The van der Waals surface area contributed by atoms with Gasteiger partial charge in [-0.25, -0.2) is 0 Å². The zero-order chi connectivity index (χ0) is 9.42. The van der Waals surface area contributed by atoms with Gasteiger partial charge in [-0.05, 0) is 12.1 Å². The van der Waals surface area contributed by atoms with Crippen molar-refractivity contribution in [2.75, 3.05) is 0 Å². The molecule has 66 valence electrons. The molecule has 0 bridgehead atoms. The molecule has 1 N–H and O–H groups in total. The van der Waals surface area contributed by atoms with Gasteiger partial charge in [0.15, 0.2) is 0 Å². The predicted octanol–water partition coefficient (Wildman–Crippen LogP) is 2.73. The number of nitro groups is 1. The highest BCUT2D eigenvalue weighted by molar-refractivity contribution is 6.30. The molecule has 0 saturated heterocycles. The Bertz CT molecular complexity index is 478. The van der Waals surface area contributed by atoms with Gasteiger partial charge >= 0.3 is 0 Å². The van der Waals surface area contributed by atoms with Crippen molar-refractivity contribution in [1.29, 1.82) is 0 Å². The van der Waals surface area contributed by atoms with Crippen LogP contribution in [0.4, 0.5) is 5.69 Å². The van der Waals surface area contributed by atoms with Crippen LogP contribution in [0.3, 0.4) is 0 Å². The third-order valence-electron chi connectivity index (χ3n) is 1.78. The molecule has 2 rings (SSSR count). The van der Waals surface area contributed by atoms with Crippen molar-refractivity contribution < 1.29 is 4.92 Å². The third-order valence-corrected chi connectivity index (χ3v) is 1.99. The average Bonchev–Trinajstić information content (AvgIpc) is 2.42. The molecule has 13 heavy (non-hydrogen) atoms. The number of halogens is 1. The fraction of sp³-hybridized carbons (Fsp3) is 0. The monoisotopic (exact) mass is 196 g/mol. The number of nitrogens with zero attached hydrogens (tertiary/aromatic N) is 1. The van der Waals surface area contributed by atoms with Crippen LogP contribution in [0, 0.1) is 10.1 Å². The number of hydrogen-bond donors (Lipinski definition) is 1. The normalized spacial score (nSPS) is 10.5. The van der Waals surface area contributed by atoms with Crippen molar-refractivity contribution in [3.05, 3.63) is 39.5 Å². The summed E-state index contributed by atoms with van der Waals surface area (Å²) in [5.74, 6) is 0. The Kier molecular flexibility index (Phi) is 1.70. The maximum Gasteiger partial charge on any atom is 0.271 e. The minimum atomic E-state index is -0.436. The van der Waals surface area contributed by atoms with Gasteiger partial charge in [-0.3, -0.25) is 10.1 Å². The second-order valence-corrected chi connectivity index (χ2v) is 3.05. The predicted molar refractivity (Wildman–Crippen MR) is 50.0 cm³/mol. The van der Waals surface area contributed by atoms with Gasteiger partial charge in [-0.1, -0.05) is 11.6 Å². The summed E-state index contributed by atoms with van der Waals surface area (Å²) in [5.41, 5.74) is 0.741. The Labute approximate surface area is 78.3 Å². The topological polar surface area (TPSA) is 58.9 Å². The quantitative estimate of drug-likeness (QED) is 0.563. The molecule has 0 radical (unpaired) electrons. The van der Waals surface area contributed by atoms with E-state index >= 15 is 0 Å². The molecule has 0 aliphatic rings. The van der Waals surface area contributed by atoms with E-state index in [1.807, 2.05) is 0 Å². The van der Waals surface area contributed by atoms with Crippen LogP contribution in [0.5, 0.6) is 0 Å². The highest BCUT2D eigenvalue weighted by Crippen LogP contribution is 2.22. The van der Waals surface area contributed by atoms with Crippen LogP contribution in [-0.2, 0) is 0 Å². The highest BCUT2D eigenvalue weighted by Gasteiger charge is 2.07. The number of aromatic nitrogens is 1. The molecule has 0 unspecified atom stereocenters. The first-order chi connectivity index (χ1) is 6.16. The first kappa shape index (κ1) is 8.07. The zero-order valence-electron chi connectivity index (χ0n) is 6.45. The number of rotatable bonds is 1. The highest BCUT2D eigenvalue weighted by atomic mass is 35.5. The number of non-ortho nitro benzene ring substituents is 1. The number of nitrogens with one attached hydrogen (secondary N) is 1. The van der Waals surface area contributed by atoms with Gasteiger partial charge in [0.25, 0.3) is 5.69 Å². The molecule has 2 aromatic rings. The molecular weight excluding hydrogens is 192 g/mol. The van der Waals surface area contributed by atoms with E-state index in [4.69, 9.17) is 11.6 Å². The summed E-state index contributed by atoms with van der Waals surface area (Å²) in [6.07, 6.45) is 0. The van der Waals surface area contributed by atoms with Crippen LogP contribution in [0.25, 0.3) is 10.9 Å². The average molecular weight is 197 g/mol. The maximum atomic E-state index is 10.4. The first-order valence-electron chi connectivity index (χ1n) is 3.59. The number of benzene rings is 1. The zero-order valence-corrected chi connectivity index (χ0v) is 7.21. The van der Waals surface area contributed by atoms with E-state index in [0.29, 0.717) is 10.7 Å². The van der Waals surface area contributed by atoms with E-state index in [1.54, 1.807) is 12.1 Å². The minimum absolute atomic E-state index is 0.0611. The Morgan fingerprint density at radius 2 is 2.15 bits per heavy atom. The van der Waals surface area contributed by atoms with Gasteiger partial charge in [0.2, 0.25) is 0 Å². The van der Waals surface area contributed by atoms with E-state index in [-0.39, 0.29) is 5.69 Å². The first-order valence-corrected chi connectivity index (χ1v) is 3.97. The van der Waals surface area contributed by atoms with Crippen molar-refractivity contribution in [3.63, 3.8) is 0 Å². The van der Waals surface area contributed by atoms with Crippen molar-refractivity contribution in [1.82, 2.24) is 4.98 Å². The van der Waals surface area contributed by atoms with Gasteiger partial charge in [-0.15, -0.1) is 0 Å². The molecule has 0 amide bonds. The van der Waals surface area contributed by atoms with E-state index in [2.05, 4.69) is 4.98 Å². The van der Waals surface area contributed by atoms with E-state index < -0.39 is 4.92 Å². The molecule has 1 aromatic carbocycles. The summed E-state index contributed by atoms with van der Waals surface area (Å²) in [6, 6.07) is 6.30. The molecule has 4 nitrogen and oxygen atoms in total. The minimum Gasteiger partial charge on any atom is -0.345 e. The summed E-state index contributed by atoms with van der Waals surface area (Å²) in [7, 11) is 0. The molecule has 0 fully saturated rings. The fourth-order valence-corrected chi connectivity index (χ4v) is 1.41. The van der Waals surface area contributed by atoms with Gasteiger partial charge in [0.1, 0.15) is 5.15 Å². The molecule has 0 saturated carbocycles. The van der Waals surface area contributed by atoms with Crippen LogP contribution in [0.15, 0.2) is 24.3 Å². The molecule has 1 heterocycles. The van der Waals surface area contributed by atoms with Crippen LogP contribution in [-0.4, -0.2) is 9.91 Å². The standard InChI is InChI=1S/C8H5ClN2O2/c9-8-3-5-1-2-6(11(12)13)4-7(5)10-8/h1-4,10H. The second kappa shape index (κ2) is 2.74. The second-order valence-electron chi connectivity index (χ2n) is 2.65. The van der Waals surface area contributed by atoms with Crippen molar-refractivity contribution in [3.8, 4) is 0 Å². The van der Waals surface area contributed by atoms with Gasteiger partial charge in [0, 0.05) is 17.5 Å². The number of H-pyrrole nitrogens is 1. The summed E-state index contributed by atoms with van der Waals surface area (Å²) < 4.78 is 0. The lowest BCUT2D eigenvalue weighted by Gasteiger charge is -1.90. The summed E-state index contributed by atoms with van der Waals surface area (Å²) in [4.78, 5) is 12.8. The largest absolute Gasteiger partial charge is 0.345 e. The lowest BCUT2D eigenvalue weighted by molar-refractivity contribution is -0.384. The smallest absolute Gasteiger partial charge is 0.271 e. The van der Waals surface area contributed by atoms with Crippen molar-refractivity contribution in [2.45, 2.75) is 0 Å². The number of aromatic amines is 1. The number of fused-ring (bicyclic) bond motifs is 1. The van der Waals surface area contributed by atoms with E-state index in [0.717, 1.165) is 5.39 Å². The van der Waals surface area contributed by atoms with Crippen LogP contribution in [0.1, 0.15) is 0 Å². The SMILES string of the molecule is O=[N+]([O-])c1ccc2cc(Cl)[nH]c2c1. The van der Waals surface area contributed by atoms with E-state index in [1.165, 1.54) is 12.1 Å². The van der Waals surface area contributed by atoms with Gasteiger partial charge in [0.05, 0.1) is 10.4 Å². The van der Waals surface area contributed by atoms with Crippen LogP contribution >= 0.6 is 11.6 Å². The van der Waals surface area contributed by atoms with Crippen LogP contribution < -0.4 is 0 Å².